The number of carbonyl (C=O) groups excluding carboxylic acids is 2. The van der Waals surface area contributed by atoms with Crippen molar-refractivity contribution in [2.45, 2.75) is 6.36 Å². The van der Waals surface area contributed by atoms with Gasteiger partial charge in [0.1, 0.15) is 17.2 Å². The van der Waals surface area contributed by atoms with Crippen LogP contribution in [0.2, 0.25) is 0 Å². The second kappa shape index (κ2) is 12.7. The monoisotopic (exact) mass is 587 g/mol. The van der Waals surface area contributed by atoms with E-state index in [4.69, 9.17) is 14.2 Å². The van der Waals surface area contributed by atoms with E-state index in [-0.39, 0.29) is 22.3 Å². The fourth-order valence-electron chi connectivity index (χ4n) is 3.78. The number of amidine groups is 1. The first-order valence-corrected chi connectivity index (χ1v) is 12.9. The number of nitrogens with zero attached hydrogens (tertiary/aromatic N) is 2. The fraction of sp³-hybridized carbons (Fsp3) is 0.179. The van der Waals surface area contributed by atoms with Gasteiger partial charge in [0, 0.05) is 17.3 Å². The number of rotatable bonds is 9. The topological polar surface area (TPSA) is 98.7 Å². The number of benzene rings is 3. The number of hydrogen-bond acceptors (Lipinski definition) is 8. The zero-order chi connectivity index (χ0) is 29.6. The van der Waals surface area contributed by atoms with Crippen molar-refractivity contribution in [2.24, 2.45) is 4.99 Å². The number of amides is 2. The van der Waals surface area contributed by atoms with Gasteiger partial charge >= 0.3 is 6.36 Å². The van der Waals surface area contributed by atoms with E-state index < -0.39 is 23.9 Å². The Balaban J connectivity index is 1.56. The molecule has 0 saturated heterocycles. The van der Waals surface area contributed by atoms with E-state index in [9.17, 15) is 22.8 Å². The van der Waals surface area contributed by atoms with Gasteiger partial charge in [-0.2, -0.15) is 0 Å². The Kier molecular flexibility index (Phi) is 9.07. The number of thioether (sulfide) groups is 1. The molecule has 3 aromatic carbocycles. The predicted octanol–water partition coefficient (Wildman–Crippen LogP) is 5.73. The molecule has 2 amide bonds. The van der Waals surface area contributed by atoms with Crippen molar-refractivity contribution in [1.82, 2.24) is 0 Å². The van der Waals surface area contributed by atoms with E-state index in [2.05, 4.69) is 15.0 Å². The van der Waals surface area contributed by atoms with E-state index in [0.717, 1.165) is 23.9 Å². The summed E-state index contributed by atoms with van der Waals surface area (Å²) in [6, 6.07) is 16.8. The highest BCUT2D eigenvalue weighted by Gasteiger charge is 2.33. The smallest absolute Gasteiger partial charge is 0.496 e. The minimum Gasteiger partial charge on any atom is -0.496 e. The average Bonchev–Trinajstić information content (AvgIpc) is 3.26. The molecular formula is C28H24F3N3O6S. The minimum absolute atomic E-state index is 0.0996. The van der Waals surface area contributed by atoms with Crippen LogP contribution in [0.3, 0.4) is 0 Å². The van der Waals surface area contributed by atoms with Gasteiger partial charge in [-0.05, 0) is 48.5 Å². The first-order valence-electron chi connectivity index (χ1n) is 11.9. The van der Waals surface area contributed by atoms with Crippen molar-refractivity contribution in [2.75, 3.05) is 37.3 Å². The molecule has 1 aliphatic rings. The quantitative estimate of drug-likeness (QED) is 0.320. The van der Waals surface area contributed by atoms with Crippen LogP contribution >= 0.6 is 11.8 Å². The summed E-state index contributed by atoms with van der Waals surface area (Å²) in [5, 5.41) is 2.86. The summed E-state index contributed by atoms with van der Waals surface area (Å²) in [7, 11) is 4.47. The maximum Gasteiger partial charge on any atom is 0.573 e. The summed E-state index contributed by atoms with van der Waals surface area (Å²) in [4.78, 5) is 32.0. The molecule has 0 aromatic heterocycles. The number of hydrogen-bond donors (Lipinski definition) is 1. The van der Waals surface area contributed by atoms with Crippen molar-refractivity contribution in [3.63, 3.8) is 0 Å². The van der Waals surface area contributed by atoms with E-state index >= 15 is 0 Å². The number of ether oxygens (including phenoxy) is 4. The number of anilines is 2. The van der Waals surface area contributed by atoms with E-state index in [1.165, 1.54) is 38.4 Å². The molecule has 13 heteroatoms. The number of halogens is 3. The van der Waals surface area contributed by atoms with Crippen LogP contribution in [-0.2, 0) is 9.59 Å². The zero-order valence-electron chi connectivity index (χ0n) is 22.0. The predicted molar refractivity (Wildman–Crippen MR) is 150 cm³/mol. The van der Waals surface area contributed by atoms with Crippen LogP contribution in [0.1, 0.15) is 5.56 Å². The third-order valence-corrected chi connectivity index (χ3v) is 6.51. The molecule has 1 heterocycles. The van der Waals surface area contributed by atoms with E-state index in [1.54, 1.807) is 48.5 Å². The summed E-state index contributed by atoms with van der Waals surface area (Å²) < 4.78 is 57.1. The first-order chi connectivity index (χ1) is 19.6. The van der Waals surface area contributed by atoms with E-state index in [0.29, 0.717) is 28.5 Å². The molecule has 0 atom stereocenters. The lowest BCUT2D eigenvalue weighted by Crippen LogP contribution is -2.31. The molecule has 214 valence electrons. The Hall–Kier alpha value is -4.65. The maximum absolute atomic E-state index is 13.5. The number of para-hydroxylation sites is 1. The molecule has 0 bridgehead atoms. The first kappa shape index (κ1) is 29.3. The van der Waals surface area contributed by atoms with Crippen LogP contribution in [0, 0.1) is 0 Å². The highest BCUT2D eigenvalue weighted by atomic mass is 32.2. The Morgan fingerprint density at radius 3 is 2.20 bits per heavy atom. The van der Waals surface area contributed by atoms with Gasteiger partial charge in [0.2, 0.25) is 5.91 Å². The number of nitrogens with one attached hydrogen (secondary N) is 1. The molecule has 4 rings (SSSR count). The van der Waals surface area contributed by atoms with Crippen molar-refractivity contribution in [3.05, 3.63) is 78.0 Å². The van der Waals surface area contributed by atoms with Crippen molar-refractivity contribution >= 4 is 46.2 Å². The lowest BCUT2D eigenvalue weighted by Gasteiger charge is -2.17. The van der Waals surface area contributed by atoms with Gasteiger partial charge in [-0.15, -0.1) is 13.2 Å². The summed E-state index contributed by atoms with van der Waals surface area (Å²) in [6.45, 7) is 0. The summed E-state index contributed by atoms with van der Waals surface area (Å²) in [5.74, 6) is -0.118. The Morgan fingerprint density at radius 2 is 1.59 bits per heavy atom. The molecule has 9 nitrogen and oxygen atoms in total. The summed E-state index contributed by atoms with van der Waals surface area (Å²) >= 11 is 1.02. The molecule has 0 spiro atoms. The normalized spacial score (nSPS) is 14.1. The largest absolute Gasteiger partial charge is 0.573 e. The second-order valence-electron chi connectivity index (χ2n) is 8.26. The van der Waals surface area contributed by atoms with Crippen LogP contribution in [0.15, 0.2) is 77.4 Å². The van der Waals surface area contributed by atoms with Crippen molar-refractivity contribution < 1.29 is 41.7 Å². The van der Waals surface area contributed by atoms with Gasteiger partial charge in [-0.25, -0.2) is 4.99 Å². The zero-order valence-corrected chi connectivity index (χ0v) is 22.8. The molecule has 41 heavy (non-hydrogen) atoms. The van der Waals surface area contributed by atoms with Crippen molar-refractivity contribution in [1.29, 1.82) is 0 Å². The van der Waals surface area contributed by atoms with Crippen molar-refractivity contribution in [3.8, 4) is 23.0 Å². The SMILES string of the molecule is COc1cc(OC)c(OC)cc1C=C1N=C(SCC(=O)Nc2ccc(OC(F)(F)F)cc2)N(c2ccccc2)C1=O. The lowest BCUT2D eigenvalue weighted by atomic mass is 10.1. The standard InChI is InChI=1S/C28H24F3N3O6S/c1-37-22-15-24(39-3)23(38-2)14-17(22)13-21-26(36)34(19-7-5-4-6-8-19)27(33-21)41-16-25(35)32-18-9-11-20(12-10-18)40-28(29,30)31/h4-15H,16H2,1-3H3,(H,32,35). The maximum atomic E-state index is 13.5. The van der Waals surface area contributed by atoms with Gasteiger partial charge in [0.15, 0.2) is 16.7 Å². The highest BCUT2D eigenvalue weighted by molar-refractivity contribution is 8.14. The molecule has 0 radical (unpaired) electrons. The number of alkyl halides is 3. The fourth-order valence-corrected chi connectivity index (χ4v) is 4.59. The molecular weight excluding hydrogens is 563 g/mol. The van der Waals surface area contributed by atoms with Gasteiger partial charge in [-0.3, -0.25) is 14.5 Å². The Bertz CT molecular complexity index is 1480. The van der Waals surface area contributed by atoms with Crippen LogP contribution in [0.4, 0.5) is 24.5 Å². The summed E-state index contributed by atoms with van der Waals surface area (Å²) in [5.41, 5.74) is 1.44. The minimum atomic E-state index is -4.82. The van der Waals surface area contributed by atoms with Crippen LogP contribution in [0.5, 0.6) is 23.0 Å². The molecule has 1 N–H and O–H groups in total. The lowest BCUT2D eigenvalue weighted by molar-refractivity contribution is -0.274. The average molecular weight is 588 g/mol. The van der Waals surface area contributed by atoms with Gasteiger partial charge in [-0.1, -0.05) is 30.0 Å². The second-order valence-corrected chi connectivity index (χ2v) is 9.20. The van der Waals surface area contributed by atoms with Crippen LogP contribution in [-0.4, -0.2) is 50.4 Å². The summed E-state index contributed by atoms with van der Waals surface area (Å²) in [6.07, 6.45) is -3.26. The molecule has 1 aliphatic heterocycles. The molecule has 0 fully saturated rings. The molecule has 0 aliphatic carbocycles. The van der Waals surface area contributed by atoms with Crippen LogP contribution < -0.4 is 29.2 Å². The molecule has 0 saturated carbocycles. The van der Waals surface area contributed by atoms with E-state index in [1.807, 2.05) is 0 Å². The third kappa shape index (κ3) is 7.31. The van der Waals surface area contributed by atoms with Gasteiger partial charge < -0.3 is 24.3 Å². The van der Waals surface area contributed by atoms with Gasteiger partial charge in [0.25, 0.3) is 5.91 Å². The molecule has 0 unspecified atom stereocenters. The molecule has 3 aromatic rings. The number of methoxy groups -OCH3 is 3. The number of carbonyl (C=O) groups is 2. The Labute approximate surface area is 237 Å². The van der Waals surface area contributed by atoms with Crippen LogP contribution in [0.25, 0.3) is 6.08 Å². The number of aliphatic imine (C=N–C) groups is 1. The van der Waals surface area contributed by atoms with Gasteiger partial charge in [0.05, 0.1) is 32.8 Å². The third-order valence-electron chi connectivity index (χ3n) is 5.58. The Morgan fingerprint density at radius 1 is 0.951 bits per heavy atom. The highest BCUT2D eigenvalue weighted by Crippen LogP contribution is 2.37.